The summed E-state index contributed by atoms with van der Waals surface area (Å²) < 4.78 is 34.8. The first-order valence-electron chi connectivity index (χ1n) is 5.76. The van der Waals surface area contributed by atoms with Gasteiger partial charge in [-0.1, -0.05) is 0 Å². The van der Waals surface area contributed by atoms with E-state index in [1.807, 2.05) is 0 Å². The van der Waals surface area contributed by atoms with Crippen molar-refractivity contribution < 1.29 is 27.8 Å². The van der Waals surface area contributed by atoms with Crippen molar-refractivity contribution in [1.82, 2.24) is 4.90 Å². The Labute approximate surface area is 110 Å². The smallest absolute Gasteiger partial charge is 0.411 e. The summed E-state index contributed by atoms with van der Waals surface area (Å²) in [4.78, 5) is 24.4. The van der Waals surface area contributed by atoms with Gasteiger partial charge in [-0.25, -0.2) is 9.59 Å². The minimum Gasteiger partial charge on any atom is -0.467 e. The Bertz CT molecular complexity index is 410. The number of methoxy groups -OCH3 is 1. The summed E-state index contributed by atoms with van der Waals surface area (Å²) >= 11 is 0. The van der Waals surface area contributed by atoms with E-state index in [-0.39, 0.29) is 18.5 Å². The number of carbonyl (C=O) groups is 2. The molecule has 0 bridgehead atoms. The molecule has 1 saturated heterocycles. The first-order valence-corrected chi connectivity index (χ1v) is 5.76. The van der Waals surface area contributed by atoms with Crippen LogP contribution in [0.4, 0.5) is 13.6 Å². The van der Waals surface area contributed by atoms with Crippen LogP contribution in [-0.4, -0.2) is 42.3 Å². The molecule has 1 unspecified atom stereocenters. The fourth-order valence-corrected chi connectivity index (χ4v) is 1.72. The Morgan fingerprint density at radius 2 is 1.89 bits per heavy atom. The highest BCUT2D eigenvalue weighted by Gasteiger charge is 2.41. The number of hydrogen-bond acceptors (Lipinski definition) is 4. The topological polar surface area (TPSA) is 55.8 Å². The van der Waals surface area contributed by atoms with Crippen LogP contribution in [0.3, 0.4) is 0 Å². The third-order valence-electron chi connectivity index (χ3n) is 2.55. The SMILES string of the molecule is COC(=O)C1CC(=C(F)F)CN1C(=O)OC(C)(C)C. The summed E-state index contributed by atoms with van der Waals surface area (Å²) in [6.45, 7) is 4.64. The molecule has 108 valence electrons. The molecular weight excluding hydrogens is 260 g/mol. The van der Waals surface area contributed by atoms with E-state index < -0.39 is 29.8 Å². The zero-order chi connectivity index (χ0) is 14.8. The van der Waals surface area contributed by atoms with Gasteiger partial charge in [0.05, 0.1) is 13.7 Å². The van der Waals surface area contributed by atoms with Crippen molar-refractivity contribution in [2.75, 3.05) is 13.7 Å². The molecule has 1 rings (SSSR count). The molecule has 0 radical (unpaired) electrons. The van der Waals surface area contributed by atoms with Gasteiger partial charge in [-0.05, 0) is 20.8 Å². The number of esters is 1. The molecule has 1 heterocycles. The van der Waals surface area contributed by atoms with Crippen molar-refractivity contribution in [1.29, 1.82) is 0 Å². The molecule has 0 saturated carbocycles. The Hall–Kier alpha value is -1.66. The number of nitrogens with zero attached hydrogens (tertiary/aromatic N) is 1. The fourth-order valence-electron chi connectivity index (χ4n) is 1.72. The lowest BCUT2D eigenvalue weighted by molar-refractivity contribution is -0.145. The quantitative estimate of drug-likeness (QED) is 0.690. The van der Waals surface area contributed by atoms with Crippen LogP contribution in [0.2, 0.25) is 0 Å². The molecule has 1 atom stereocenters. The average molecular weight is 277 g/mol. The summed E-state index contributed by atoms with van der Waals surface area (Å²) in [6, 6.07) is -1.06. The predicted octanol–water partition coefficient (Wildman–Crippen LogP) is 2.32. The van der Waals surface area contributed by atoms with Crippen LogP contribution < -0.4 is 0 Å². The second-order valence-electron chi connectivity index (χ2n) is 5.22. The van der Waals surface area contributed by atoms with E-state index in [1.165, 1.54) is 0 Å². The number of ether oxygens (including phenoxy) is 2. The summed E-state index contributed by atoms with van der Waals surface area (Å²) in [7, 11) is 1.14. The monoisotopic (exact) mass is 277 g/mol. The van der Waals surface area contributed by atoms with Crippen LogP contribution in [-0.2, 0) is 14.3 Å². The molecule has 0 N–H and O–H groups in total. The maximum absolute atomic E-state index is 12.6. The average Bonchev–Trinajstić information content (AvgIpc) is 2.70. The van der Waals surface area contributed by atoms with Gasteiger partial charge < -0.3 is 9.47 Å². The highest BCUT2D eigenvalue weighted by atomic mass is 19.3. The Morgan fingerprint density at radius 1 is 1.32 bits per heavy atom. The van der Waals surface area contributed by atoms with Crippen molar-refractivity contribution in [3.8, 4) is 0 Å². The number of rotatable bonds is 1. The molecule has 0 spiro atoms. The summed E-state index contributed by atoms with van der Waals surface area (Å²) in [5.74, 6) is -0.734. The van der Waals surface area contributed by atoms with Crippen LogP contribution >= 0.6 is 0 Å². The van der Waals surface area contributed by atoms with Crippen molar-refractivity contribution in [2.24, 2.45) is 0 Å². The van der Waals surface area contributed by atoms with E-state index in [2.05, 4.69) is 4.74 Å². The van der Waals surface area contributed by atoms with Gasteiger partial charge in [-0.3, -0.25) is 4.90 Å². The molecule has 1 aliphatic rings. The van der Waals surface area contributed by atoms with Gasteiger partial charge >= 0.3 is 12.1 Å². The minimum atomic E-state index is -1.88. The molecule has 1 aliphatic heterocycles. The first kappa shape index (κ1) is 15.4. The maximum atomic E-state index is 12.6. The maximum Gasteiger partial charge on any atom is 0.411 e. The molecule has 0 aromatic rings. The van der Waals surface area contributed by atoms with Crippen molar-refractivity contribution in [2.45, 2.75) is 38.8 Å². The van der Waals surface area contributed by atoms with Gasteiger partial charge in [0.25, 0.3) is 6.08 Å². The van der Waals surface area contributed by atoms with Crippen molar-refractivity contribution in [3.63, 3.8) is 0 Å². The molecule has 1 amide bonds. The second-order valence-corrected chi connectivity index (χ2v) is 5.22. The molecule has 19 heavy (non-hydrogen) atoms. The number of halogens is 2. The number of likely N-dealkylation sites (tertiary alicyclic amines) is 1. The normalized spacial score (nSPS) is 19.4. The standard InChI is InChI=1S/C12H17F2NO4/c1-12(2,3)19-11(17)15-6-7(9(13)14)5-8(15)10(16)18-4/h8H,5-6H2,1-4H3. The van der Waals surface area contributed by atoms with E-state index in [1.54, 1.807) is 20.8 Å². The van der Waals surface area contributed by atoms with E-state index in [0.29, 0.717) is 0 Å². The molecule has 7 heteroatoms. The largest absolute Gasteiger partial charge is 0.467 e. The lowest BCUT2D eigenvalue weighted by Crippen LogP contribution is -2.43. The van der Waals surface area contributed by atoms with Gasteiger partial charge in [0.15, 0.2) is 0 Å². The van der Waals surface area contributed by atoms with E-state index in [9.17, 15) is 18.4 Å². The highest BCUT2D eigenvalue weighted by molar-refractivity contribution is 5.83. The van der Waals surface area contributed by atoms with E-state index in [0.717, 1.165) is 12.0 Å². The van der Waals surface area contributed by atoms with Crippen LogP contribution in [0.1, 0.15) is 27.2 Å². The highest BCUT2D eigenvalue weighted by Crippen LogP contribution is 2.28. The van der Waals surface area contributed by atoms with Crippen LogP contribution in [0.5, 0.6) is 0 Å². The number of amides is 1. The second kappa shape index (κ2) is 5.54. The van der Waals surface area contributed by atoms with Crippen LogP contribution in [0.15, 0.2) is 11.7 Å². The van der Waals surface area contributed by atoms with Crippen molar-refractivity contribution in [3.05, 3.63) is 11.7 Å². The molecule has 5 nitrogen and oxygen atoms in total. The zero-order valence-corrected chi connectivity index (χ0v) is 11.3. The Balaban J connectivity index is 2.92. The molecule has 0 aliphatic carbocycles. The predicted molar refractivity (Wildman–Crippen MR) is 62.6 cm³/mol. The summed E-state index contributed by atoms with van der Waals surface area (Å²) in [6.07, 6.45) is -2.91. The molecule has 0 aromatic heterocycles. The lowest BCUT2D eigenvalue weighted by atomic mass is 10.2. The van der Waals surface area contributed by atoms with Gasteiger partial charge in [0.2, 0.25) is 0 Å². The van der Waals surface area contributed by atoms with Gasteiger partial charge in [0, 0.05) is 12.0 Å². The lowest BCUT2D eigenvalue weighted by Gasteiger charge is -2.27. The number of carbonyl (C=O) groups excluding carboxylic acids is 2. The summed E-state index contributed by atoms with van der Waals surface area (Å²) in [5.41, 5.74) is -1.01. The van der Waals surface area contributed by atoms with Gasteiger partial charge in [0.1, 0.15) is 11.6 Å². The number of hydrogen-bond donors (Lipinski definition) is 0. The fraction of sp³-hybridized carbons (Fsp3) is 0.667. The summed E-state index contributed by atoms with van der Waals surface area (Å²) in [5, 5.41) is 0. The third-order valence-corrected chi connectivity index (χ3v) is 2.55. The third kappa shape index (κ3) is 3.90. The Morgan fingerprint density at radius 3 is 2.32 bits per heavy atom. The molecular formula is C12H17F2NO4. The Kier molecular flexibility index (Phi) is 4.49. The van der Waals surface area contributed by atoms with Crippen molar-refractivity contribution >= 4 is 12.1 Å². The first-order chi connectivity index (χ1) is 8.65. The van der Waals surface area contributed by atoms with Gasteiger partial charge in [-0.2, -0.15) is 8.78 Å². The van der Waals surface area contributed by atoms with E-state index >= 15 is 0 Å². The van der Waals surface area contributed by atoms with Crippen LogP contribution in [0, 0.1) is 0 Å². The minimum absolute atomic E-state index is 0.228. The van der Waals surface area contributed by atoms with Gasteiger partial charge in [-0.15, -0.1) is 0 Å². The van der Waals surface area contributed by atoms with E-state index in [4.69, 9.17) is 4.74 Å². The zero-order valence-electron chi connectivity index (χ0n) is 11.3. The molecule has 1 fully saturated rings. The van der Waals surface area contributed by atoms with Crippen LogP contribution in [0.25, 0.3) is 0 Å². The molecule has 0 aromatic carbocycles.